The Morgan fingerprint density at radius 2 is 1.53 bits per heavy atom. The summed E-state index contributed by atoms with van der Waals surface area (Å²) in [7, 11) is 2.96. The second-order valence-corrected chi connectivity index (χ2v) is 6.85. The van der Waals surface area contributed by atoms with Gasteiger partial charge in [-0.1, -0.05) is 18.2 Å². The first-order valence-electron chi connectivity index (χ1n) is 9.57. The summed E-state index contributed by atoms with van der Waals surface area (Å²) in [5.74, 6) is -2.40. The minimum atomic E-state index is -1.08. The molecule has 0 unspecified atom stereocenters. The van der Waals surface area contributed by atoms with E-state index in [4.69, 9.17) is 9.47 Å². The number of amides is 2. The van der Waals surface area contributed by atoms with Crippen LogP contribution in [0, 0.1) is 11.6 Å². The van der Waals surface area contributed by atoms with Crippen LogP contribution in [0.3, 0.4) is 0 Å². The third-order valence-corrected chi connectivity index (χ3v) is 4.98. The standard InChI is InChI=1S/C24H18F2N2O4/c1-31-16-10-8-15(9-11-16)28-23(29)21(17-5-3-4-6-20(17)32-2)22(24(28)30)27-14-7-12-18(25)19(26)13-14/h3-13,27H,1-2H3. The molecular weight excluding hydrogens is 418 g/mol. The molecule has 0 atom stereocenters. The maximum atomic E-state index is 13.8. The van der Waals surface area contributed by atoms with Crippen LogP contribution in [0.4, 0.5) is 20.2 Å². The highest BCUT2D eigenvalue weighted by Crippen LogP contribution is 2.37. The van der Waals surface area contributed by atoms with Crippen molar-refractivity contribution in [2.24, 2.45) is 0 Å². The lowest BCUT2D eigenvalue weighted by Gasteiger charge is -2.16. The fraction of sp³-hybridized carbons (Fsp3) is 0.0833. The van der Waals surface area contributed by atoms with Gasteiger partial charge in [0.25, 0.3) is 11.8 Å². The smallest absolute Gasteiger partial charge is 0.282 e. The fourth-order valence-corrected chi connectivity index (χ4v) is 3.43. The van der Waals surface area contributed by atoms with Gasteiger partial charge in [0.05, 0.1) is 25.5 Å². The summed E-state index contributed by atoms with van der Waals surface area (Å²) in [6.07, 6.45) is 0. The first-order chi connectivity index (χ1) is 15.4. The molecule has 6 nitrogen and oxygen atoms in total. The molecule has 0 saturated carbocycles. The number of imide groups is 1. The molecule has 4 rings (SSSR count). The Hall–Kier alpha value is -4.20. The Morgan fingerprint density at radius 1 is 0.812 bits per heavy atom. The van der Waals surface area contributed by atoms with E-state index in [1.54, 1.807) is 48.5 Å². The van der Waals surface area contributed by atoms with Crippen molar-refractivity contribution < 1.29 is 27.8 Å². The number of nitrogens with zero attached hydrogens (tertiary/aromatic N) is 1. The Labute approximate surface area is 182 Å². The van der Waals surface area contributed by atoms with Crippen LogP contribution in [-0.4, -0.2) is 26.0 Å². The lowest BCUT2D eigenvalue weighted by atomic mass is 10.0. The van der Waals surface area contributed by atoms with Gasteiger partial charge in [-0.25, -0.2) is 13.7 Å². The van der Waals surface area contributed by atoms with E-state index in [-0.39, 0.29) is 17.0 Å². The van der Waals surface area contributed by atoms with Gasteiger partial charge >= 0.3 is 0 Å². The van der Waals surface area contributed by atoms with Crippen LogP contribution >= 0.6 is 0 Å². The van der Waals surface area contributed by atoms with Crippen LogP contribution in [0.15, 0.2) is 72.4 Å². The number of methoxy groups -OCH3 is 2. The highest BCUT2D eigenvalue weighted by molar-refractivity contribution is 6.46. The van der Waals surface area contributed by atoms with E-state index in [2.05, 4.69) is 5.32 Å². The molecule has 0 saturated heterocycles. The number of anilines is 2. The van der Waals surface area contributed by atoms with Crippen molar-refractivity contribution in [2.75, 3.05) is 24.4 Å². The third-order valence-electron chi connectivity index (χ3n) is 4.98. The maximum absolute atomic E-state index is 13.8. The summed E-state index contributed by atoms with van der Waals surface area (Å²) >= 11 is 0. The molecule has 0 aromatic heterocycles. The number of carbonyl (C=O) groups excluding carboxylic acids is 2. The Balaban J connectivity index is 1.84. The molecule has 1 heterocycles. The van der Waals surface area contributed by atoms with E-state index in [0.717, 1.165) is 17.0 Å². The molecular formula is C24H18F2N2O4. The van der Waals surface area contributed by atoms with E-state index in [0.29, 0.717) is 22.7 Å². The number of halogens is 2. The van der Waals surface area contributed by atoms with E-state index in [9.17, 15) is 18.4 Å². The van der Waals surface area contributed by atoms with Crippen molar-refractivity contribution in [1.29, 1.82) is 0 Å². The van der Waals surface area contributed by atoms with Crippen LogP contribution in [0.25, 0.3) is 5.57 Å². The second-order valence-electron chi connectivity index (χ2n) is 6.85. The van der Waals surface area contributed by atoms with Gasteiger partial charge in [0, 0.05) is 17.3 Å². The van der Waals surface area contributed by atoms with Gasteiger partial charge in [-0.2, -0.15) is 0 Å². The topological polar surface area (TPSA) is 67.9 Å². The molecule has 0 radical (unpaired) electrons. The molecule has 1 aliphatic heterocycles. The average molecular weight is 436 g/mol. The van der Waals surface area contributed by atoms with Crippen molar-refractivity contribution in [3.63, 3.8) is 0 Å². The van der Waals surface area contributed by atoms with Crippen LogP contribution in [-0.2, 0) is 9.59 Å². The highest BCUT2D eigenvalue weighted by atomic mass is 19.2. The van der Waals surface area contributed by atoms with Crippen molar-refractivity contribution >= 4 is 28.8 Å². The van der Waals surface area contributed by atoms with Gasteiger partial charge in [-0.05, 0) is 42.5 Å². The normalized spacial score (nSPS) is 13.6. The number of rotatable bonds is 6. The predicted octanol–water partition coefficient (Wildman–Crippen LogP) is 4.38. The number of carbonyl (C=O) groups is 2. The summed E-state index contributed by atoms with van der Waals surface area (Å²) in [6.45, 7) is 0. The van der Waals surface area contributed by atoms with E-state index < -0.39 is 23.4 Å². The van der Waals surface area contributed by atoms with Gasteiger partial charge in [0.1, 0.15) is 17.2 Å². The van der Waals surface area contributed by atoms with Gasteiger partial charge in [0.2, 0.25) is 0 Å². The van der Waals surface area contributed by atoms with Crippen molar-refractivity contribution in [3.8, 4) is 11.5 Å². The van der Waals surface area contributed by atoms with E-state index in [1.807, 2.05) is 0 Å². The lowest BCUT2D eigenvalue weighted by Crippen LogP contribution is -2.32. The predicted molar refractivity (Wildman–Crippen MR) is 115 cm³/mol. The van der Waals surface area contributed by atoms with Crippen LogP contribution in [0.1, 0.15) is 5.56 Å². The number of nitrogens with one attached hydrogen (secondary N) is 1. The van der Waals surface area contributed by atoms with E-state index in [1.165, 1.54) is 20.3 Å². The Morgan fingerprint density at radius 3 is 2.19 bits per heavy atom. The number of hydrogen-bond acceptors (Lipinski definition) is 5. The molecule has 8 heteroatoms. The number of para-hydroxylation sites is 1. The summed E-state index contributed by atoms with van der Waals surface area (Å²) in [5.41, 5.74) is 0.795. The van der Waals surface area contributed by atoms with Crippen molar-refractivity contribution in [1.82, 2.24) is 0 Å². The van der Waals surface area contributed by atoms with Crippen LogP contribution in [0.2, 0.25) is 0 Å². The summed E-state index contributed by atoms with van der Waals surface area (Å²) in [4.78, 5) is 27.8. The molecule has 162 valence electrons. The molecule has 0 spiro atoms. The number of benzene rings is 3. The second kappa shape index (κ2) is 8.50. The average Bonchev–Trinajstić information content (AvgIpc) is 3.05. The fourth-order valence-electron chi connectivity index (χ4n) is 3.43. The molecule has 0 aliphatic carbocycles. The van der Waals surface area contributed by atoms with Crippen molar-refractivity contribution in [2.45, 2.75) is 0 Å². The number of hydrogen-bond donors (Lipinski definition) is 1. The Bertz CT molecular complexity index is 1240. The molecule has 0 bridgehead atoms. The zero-order valence-corrected chi connectivity index (χ0v) is 17.2. The SMILES string of the molecule is COc1ccc(N2C(=O)C(Nc3ccc(F)c(F)c3)=C(c3ccccc3OC)C2=O)cc1. The molecule has 2 amide bonds. The highest BCUT2D eigenvalue weighted by Gasteiger charge is 2.41. The van der Waals surface area contributed by atoms with Crippen molar-refractivity contribution in [3.05, 3.63) is 89.6 Å². The van der Waals surface area contributed by atoms with Crippen LogP contribution < -0.4 is 19.7 Å². The first-order valence-corrected chi connectivity index (χ1v) is 9.57. The zero-order valence-electron chi connectivity index (χ0n) is 17.2. The maximum Gasteiger partial charge on any atom is 0.282 e. The molecule has 3 aromatic carbocycles. The van der Waals surface area contributed by atoms with Gasteiger partial charge in [0.15, 0.2) is 11.6 Å². The quantitative estimate of drug-likeness (QED) is 0.581. The number of ether oxygens (including phenoxy) is 2. The van der Waals surface area contributed by atoms with Gasteiger partial charge in [-0.15, -0.1) is 0 Å². The minimum Gasteiger partial charge on any atom is -0.497 e. The lowest BCUT2D eigenvalue weighted by molar-refractivity contribution is -0.120. The third kappa shape index (κ3) is 3.66. The largest absolute Gasteiger partial charge is 0.497 e. The molecule has 0 fully saturated rings. The first kappa shape index (κ1) is 21.0. The Kier molecular flexibility index (Phi) is 5.59. The minimum absolute atomic E-state index is 0.0491. The molecule has 32 heavy (non-hydrogen) atoms. The van der Waals surface area contributed by atoms with Crippen LogP contribution in [0.5, 0.6) is 11.5 Å². The van der Waals surface area contributed by atoms with Gasteiger partial charge in [-0.3, -0.25) is 9.59 Å². The monoisotopic (exact) mass is 436 g/mol. The molecule has 3 aromatic rings. The molecule has 1 N–H and O–H groups in total. The molecule has 1 aliphatic rings. The summed E-state index contributed by atoms with van der Waals surface area (Å²) < 4.78 is 37.6. The summed E-state index contributed by atoms with van der Waals surface area (Å²) in [6, 6.07) is 16.3. The van der Waals surface area contributed by atoms with Gasteiger partial charge < -0.3 is 14.8 Å². The zero-order chi connectivity index (χ0) is 22.8. The summed E-state index contributed by atoms with van der Waals surface area (Å²) in [5, 5.41) is 2.79. The van der Waals surface area contributed by atoms with E-state index >= 15 is 0 Å².